The van der Waals surface area contributed by atoms with E-state index in [9.17, 15) is 18.4 Å². The van der Waals surface area contributed by atoms with Crippen molar-refractivity contribution in [3.63, 3.8) is 0 Å². The SMILES string of the molecule is O=C(CN1CCCN(C(=O)CSc2nccc(-c3ccccn3)n2)CC1)Nc1ccc(F)cc1F. The summed E-state index contributed by atoms with van der Waals surface area (Å²) in [7, 11) is 0. The second-order valence-corrected chi connectivity index (χ2v) is 8.85. The number of carbonyl (C=O) groups excluding carboxylic acids is 2. The molecule has 4 rings (SSSR count). The molecule has 2 aromatic heterocycles. The molecular weight excluding hydrogens is 474 g/mol. The van der Waals surface area contributed by atoms with Gasteiger partial charge in [0.05, 0.1) is 29.4 Å². The largest absolute Gasteiger partial charge is 0.341 e. The molecule has 11 heteroatoms. The predicted molar refractivity (Wildman–Crippen MR) is 129 cm³/mol. The fraction of sp³-hybridized carbons (Fsp3) is 0.292. The number of pyridine rings is 1. The number of thioether (sulfide) groups is 1. The van der Waals surface area contributed by atoms with E-state index >= 15 is 0 Å². The van der Waals surface area contributed by atoms with Crippen LogP contribution in [0.25, 0.3) is 11.4 Å². The Hall–Kier alpha value is -3.44. The topological polar surface area (TPSA) is 91.3 Å². The minimum Gasteiger partial charge on any atom is -0.341 e. The first kappa shape index (κ1) is 24.7. The number of carbonyl (C=O) groups is 2. The van der Waals surface area contributed by atoms with Crippen LogP contribution in [0.3, 0.4) is 0 Å². The summed E-state index contributed by atoms with van der Waals surface area (Å²) >= 11 is 1.27. The van der Waals surface area contributed by atoms with Gasteiger partial charge in [0.25, 0.3) is 0 Å². The highest BCUT2D eigenvalue weighted by Gasteiger charge is 2.21. The van der Waals surface area contributed by atoms with Crippen LogP contribution in [0.5, 0.6) is 0 Å². The van der Waals surface area contributed by atoms with E-state index in [1.165, 1.54) is 17.8 Å². The van der Waals surface area contributed by atoms with Gasteiger partial charge in [-0.3, -0.25) is 19.5 Å². The van der Waals surface area contributed by atoms with Gasteiger partial charge in [0.1, 0.15) is 11.6 Å². The average Bonchev–Trinajstić information content (AvgIpc) is 3.10. The van der Waals surface area contributed by atoms with Gasteiger partial charge >= 0.3 is 0 Å². The summed E-state index contributed by atoms with van der Waals surface area (Å²) in [5.74, 6) is -1.74. The molecule has 0 atom stereocenters. The Kier molecular flexibility index (Phi) is 8.32. The number of nitrogens with zero attached hydrogens (tertiary/aromatic N) is 5. The van der Waals surface area contributed by atoms with Crippen molar-refractivity contribution in [2.75, 3.05) is 43.8 Å². The first-order valence-corrected chi connectivity index (χ1v) is 12.1. The lowest BCUT2D eigenvalue weighted by molar-refractivity contribution is -0.128. The Morgan fingerprint density at radius 3 is 2.66 bits per heavy atom. The van der Waals surface area contributed by atoms with Crippen LogP contribution in [-0.2, 0) is 9.59 Å². The van der Waals surface area contributed by atoms with Crippen molar-refractivity contribution in [3.05, 3.63) is 66.5 Å². The molecule has 0 bridgehead atoms. The molecule has 0 saturated carbocycles. The maximum Gasteiger partial charge on any atom is 0.238 e. The standard InChI is InChI=1S/C24H24F2N6O2S/c25-17-5-6-19(18(26)14-17)29-22(33)15-31-10-3-11-32(13-12-31)23(34)16-35-24-28-9-7-21(30-24)20-4-1-2-8-27-20/h1-2,4-9,14H,3,10-13,15-16H2,(H,29,33). The molecule has 1 aromatic carbocycles. The van der Waals surface area contributed by atoms with Gasteiger partial charge in [-0.2, -0.15) is 0 Å². The molecule has 35 heavy (non-hydrogen) atoms. The molecule has 0 radical (unpaired) electrons. The van der Waals surface area contributed by atoms with Crippen molar-refractivity contribution in [1.29, 1.82) is 0 Å². The van der Waals surface area contributed by atoms with Crippen LogP contribution < -0.4 is 5.32 Å². The smallest absolute Gasteiger partial charge is 0.238 e. The second kappa shape index (κ2) is 11.8. The molecular formula is C24H24F2N6O2S. The number of anilines is 1. The van der Waals surface area contributed by atoms with Gasteiger partial charge < -0.3 is 10.2 Å². The van der Waals surface area contributed by atoms with Gasteiger partial charge in [-0.15, -0.1) is 0 Å². The molecule has 3 aromatic rings. The van der Waals surface area contributed by atoms with E-state index in [1.807, 2.05) is 23.1 Å². The third-order valence-electron chi connectivity index (χ3n) is 5.40. The lowest BCUT2D eigenvalue weighted by atomic mass is 10.3. The molecule has 3 heterocycles. The van der Waals surface area contributed by atoms with Gasteiger partial charge in [0, 0.05) is 44.6 Å². The van der Waals surface area contributed by atoms with Crippen molar-refractivity contribution in [2.45, 2.75) is 11.6 Å². The highest BCUT2D eigenvalue weighted by molar-refractivity contribution is 7.99. The number of benzene rings is 1. The lowest BCUT2D eigenvalue weighted by Gasteiger charge is -2.21. The van der Waals surface area contributed by atoms with Gasteiger partial charge in [-0.25, -0.2) is 18.7 Å². The molecule has 1 aliphatic heterocycles. The van der Waals surface area contributed by atoms with Crippen LogP contribution in [0.2, 0.25) is 0 Å². The highest BCUT2D eigenvalue weighted by Crippen LogP contribution is 2.19. The van der Waals surface area contributed by atoms with Crippen molar-refractivity contribution >= 4 is 29.3 Å². The minimum absolute atomic E-state index is 0.0264. The molecule has 1 N–H and O–H groups in total. The molecule has 0 aliphatic carbocycles. The van der Waals surface area contributed by atoms with Crippen LogP contribution >= 0.6 is 11.8 Å². The third-order valence-corrected chi connectivity index (χ3v) is 6.25. The second-order valence-electron chi connectivity index (χ2n) is 7.91. The van der Waals surface area contributed by atoms with Crippen molar-refractivity contribution < 1.29 is 18.4 Å². The van der Waals surface area contributed by atoms with Crippen LogP contribution in [0.4, 0.5) is 14.5 Å². The number of rotatable bonds is 7. The van der Waals surface area contributed by atoms with Gasteiger partial charge in [-0.1, -0.05) is 17.8 Å². The predicted octanol–water partition coefficient (Wildman–Crippen LogP) is 3.08. The van der Waals surface area contributed by atoms with E-state index in [-0.39, 0.29) is 23.9 Å². The molecule has 8 nitrogen and oxygen atoms in total. The summed E-state index contributed by atoms with van der Waals surface area (Å²) < 4.78 is 26.8. The lowest BCUT2D eigenvalue weighted by Crippen LogP contribution is -2.38. The third kappa shape index (κ3) is 7.03. The van der Waals surface area contributed by atoms with Crippen LogP contribution in [0.1, 0.15) is 6.42 Å². The summed E-state index contributed by atoms with van der Waals surface area (Å²) in [4.78, 5) is 41.8. The fourth-order valence-corrected chi connectivity index (χ4v) is 4.38. The Morgan fingerprint density at radius 2 is 1.86 bits per heavy atom. The average molecular weight is 499 g/mol. The van der Waals surface area contributed by atoms with Crippen LogP contribution in [0.15, 0.2) is 60.0 Å². The number of hydrogen-bond donors (Lipinski definition) is 1. The van der Waals surface area contributed by atoms with Crippen molar-refractivity contribution in [3.8, 4) is 11.4 Å². The van der Waals surface area contributed by atoms with Crippen molar-refractivity contribution in [2.24, 2.45) is 0 Å². The number of aromatic nitrogens is 3. The first-order chi connectivity index (χ1) is 17.0. The monoisotopic (exact) mass is 498 g/mol. The van der Waals surface area contributed by atoms with E-state index in [4.69, 9.17) is 0 Å². The molecule has 0 spiro atoms. The van der Waals surface area contributed by atoms with E-state index in [2.05, 4.69) is 20.3 Å². The van der Waals surface area contributed by atoms with Gasteiger partial charge in [-0.05, 0) is 36.8 Å². The number of nitrogens with one attached hydrogen (secondary N) is 1. The Labute approximate surface area is 205 Å². The zero-order valence-corrected chi connectivity index (χ0v) is 19.7. The number of amides is 2. The van der Waals surface area contributed by atoms with Crippen LogP contribution in [0, 0.1) is 11.6 Å². The van der Waals surface area contributed by atoms with E-state index < -0.39 is 17.5 Å². The van der Waals surface area contributed by atoms with E-state index in [0.29, 0.717) is 43.5 Å². The molecule has 1 fully saturated rings. The highest BCUT2D eigenvalue weighted by atomic mass is 32.2. The Bertz CT molecular complexity index is 1180. The summed E-state index contributed by atoms with van der Waals surface area (Å²) in [6.07, 6.45) is 4.05. The van der Waals surface area contributed by atoms with E-state index in [1.54, 1.807) is 23.4 Å². The van der Waals surface area contributed by atoms with Gasteiger partial charge in [0.15, 0.2) is 5.16 Å². The number of hydrogen-bond acceptors (Lipinski definition) is 7. The Morgan fingerprint density at radius 1 is 0.971 bits per heavy atom. The zero-order chi connectivity index (χ0) is 24.6. The first-order valence-electron chi connectivity index (χ1n) is 11.1. The fourth-order valence-electron chi connectivity index (χ4n) is 3.65. The normalized spacial score (nSPS) is 14.4. The summed E-state index contributed by atoms with van der Waals surface area (Å²) in [5, 5.41) is 2.97. The van der Waals surface area contributed by atoms with Crippen molar-refractivity contribution in [1.82, 2.24) is 24.8 Å². The summed E-state index contributed by atoms with van der Waals surface area (Å²) in [6, 6.07) is 10.4. The molecule has 0 unspecified atom stereocenters. The Balaban J connectivity index is 1.25. The molecule has 1 aliphatic rings. The molecule has 2 amide bonds. The minimum atomic E-state index is -0.821. The van der Waals surface area contributed by atoms with E-state index in [0.717, 1.165) is 17.8 Å². The summed E-state index contributed by atoms with van der Waals surface area (Å²) in [6.45, 7) is 2.26. The summed E-state index contributed by atoms with van der Waals surface area (Å²) in [5.41, 5.74) is 1.37. The quantitative estimate of drug-likeness (QED) is 0.395. The molecule has 1 saturated heterocycles. The molecule has 182 valence electrons. The van der Waals surface area contributed by atoms with Crippen LogP contribution in [-0.4, -0.2) is 75.0 Å². The van der Waals surface area contributed by atoms with Gasteiger partial charge in [0.2, 0.25) is 11.8 Å². The zero-order valence-electron chi connectivity index (χ0n) is 18.9. The number of halogens is 2. The maximum atomic E-state index is 13.8. The maximum absolute atomic E-state index is 13.8.